The molecule has 0 N–H and O–H groups in total. The highest BCUT2D eigenvalue weighted by molar-refractivity contribution is 6.28. The van der Waals surface area contributed by atoms with Crippen LogP contribution in [0.4, 0.5) is 17.1 Å². The van der Waals surface area contributed by atoms with Crippen LogP contribution < -0.4 is 4.90 Å². The molecule has 1 aromatic heterocycles. The Kier molecular flexibility index (Phi) is 8.66. The Labute approximate surface area is 401 Å². The standard InChI is InChI=1S/C67H46N2/c1-67(2)62-28-16-15-27-57(62)58-37-34-49(41-63(58)67)68(48-32-29-44(30-33-48)43-17-5-3-6-18-43)50-35-38-59-64(42-50)69(47-20-7-4-8-21-47)66-51-22-10-9-19-45(51)39-60(65(59)66)46-31-36-56-54-25-12-11-23-52(54)53-24-13-14-26-55(53)61(56)40-46/h3-42H,1-2H3. The Hall–Kier alpha value is -8.72. The molecule has 0 atom stereocenters. The van der Waals surface area contributed by atoms with Crippen molar-refractivity contribution in [1.82, 2.24) is 4.57 Å². The van der Waals surface area contributed by atoms with Crippen molar-refractivity contribution < 1.29 is 0 Å². The van der Waals surface area contributed by atoms with Gasteiger partial charge in [0.15, 0.2) is 0 Å². The van der Waals surface area contributed by atoms with Gasteiger partial charge < -0.3 is 9.47 Å². The van der Waals surface area contributed by atoms with Crippen LogP contribution in [0, 0.1) is 0 Å². The van der Waals surface area contributed by atoms with Crippen molar-refractivity contribution in [2.75, 3.05) is 4.90 Å². The fourth-order valence-corrected chi connectivity index (χ4v) is 11.9. The topological polar surface area (TPSA) is 8.17 Å². The molecule has 0 unspecified atom stereocenters. The van der Waals surface area contributed by atoms with Crippen LogP contribution in [0.25, 0.3) is 104 Å². The van der Waals surface area contributed by atoms with Crippen molar-refractivity contribution in [3.05, 3.63) is 254 Å². The van der Waals surface area contributed by atoms with E-state index in [1.807, 2.05) is 0 Å². The Morgan fingerprint density at radius 2 is 0.855 bits per heavy atom. The number of para-hydroxylation sites is 1. The van der Waals surface area contributed by atoms with Crippen LogP contribution in [0.3, 0.4) is 0 Å². The molecule has 69 heavy (non-hydrogen) atoms. The second-order valence-electron chi connectivity index (χ2n) is 19.2. The first-order valence-corrected chi connectivity index (χ1v) is 24.1. The Morgan fingerprint density at radius 1 is 0.333 bits per heavy atom. The maximum atomic E-state index is 2.52. The lowest BCUT2D eigenvalue weighted by Gasteiger charge is -2.28. The quantitative estimate of drug-likeness (QED) is 0.151. The highest BCUT2D eigenvalue weighted by atomic mass is 15.1. The molecule has 12 aromatic carbocycles. The zero-order valence-corrected chi connectivity index (χ0v) is 38.5. The molecule has 0 fully saturated rings. The first kappa shape index (κ1) is 39.4. The summed E-state index contributed by atoms with van der Waals surface area (Å²) < 4.78 is 2.52. The normalized spacial score (nSPS) is 12.9. The summed E-state index contributed by atoms with van der Waals surface area (Å²) in [6.45, 7) is 4.74. The molecule has 1 aliphatic rings. The van der Waals surface area contributed by atoms with Crippen LogP contribution >= 0.6 is 0 Å². The maximum Gasteiger partial charge on any atom is 0.0625 e. The fraction of sp³-hybridized carbons (Fsp3) is 0.0448. The van der Waals surface area contributed by atoms with E-state index in [0.29, 0.717) is 0 Å². The fourth-order valence-electron chi connectivity index (χ4n) is 11.9. The van der Waals surface area contributed by atoms with Gasteiger partial charge in [0, 0.05) is 44.3 Å². The van der Waals surface area contributed by atoms with Crippen molar-refractivity contribution in [3.63, 3.8) is 0 Å². The summed E-state index contributed by atoms with van der Waals surface area (Å²) >= 11 is 0. The number of benzene rings is 12. The minimum Gasteiger partial charge on any atom is -0.310 e. The van der Waals surface area contributed by atoms with E-state index < -0.39 is 0 Å². The SMILES string of the molecule is CC1(C)c2ccccc2-c2ccc(N(c3ccc(-c4ccccc4)cc3)c3ccc4c5c(-c6ccc7c8ccccc8c8ccccc8c7c6)cc6ccccc6c5n(-c5ccccc5)c4c3)cc21. The predicted octanol–water partition coefficient (Wildman–Crippen LogP) is 18.5. The van der Waals surface area contributed by atoms with E-state index in [2.05, 4.69) is 266 Å². The van der Waals surface area contributed by atoms with Gasteiger partial charge in [0.05, 0.1) is 11.0 Å². The third-order valence-electron chi connectivity index (χ3n) is 15.1. The van der Waals surface area contributed by atoms with Gasteiger partial charge in [-0.05, 0) is 143 Å². The second kappa shape index (κ2) is 15.2. The molecule has 0 saturated heterocycles. The van der Waals surface area contributed by atoms with Crippen LogP contribution in [0.1, 0.15) is 25.0 Å². The monoisotopic (exact) mass is 878 g/mol. The minimum atomic E-state index is -0.145. The summed E-state index contributed by atoms with van der Waals surface area (Å²) in [6.07, 6.45) is 0. The average Bonchev–Trinajstić information content (AvgIpc) is 3.87. The van der Waals surface area contributed by atoms with E-state index in [1.54, 1.807) is 0 Å². The van der Waals surface area contributed by atoms with Gasteiger partial charge in [-0.25, -0.2) is 0 Å². The number of anilines is 3. The maximum absolute atomic E-state index is 2.52. The van der Waals surface area contributed by atoms with Gasteiger partial charge in [0.2, 0.25) is 0 Å². The molecule has 324 valence electrons. The van der Waals surface area contributed by atoms with Crippen molar-refractivity contribution in [1.29, 1.82) is 0 Å². The van der Waals surface area contributed by atoms with Crippen molar-refractivity contribution in [2.45, 2.75) is 19.3 Å². The third-order valence-corrected chi connectivity index (χ3v) is 15.1. The molecule has 0 amide bonds. The molecule has 0 bridgehead atoms. The van der Waals surface area contributed by atoms with Crippen molar-refractivity contribution in [2.24, 2.45) is 0 Å². The Balaban J connectivity index is 1.04. The molecule has 0 radical (unpaired) electrons. The zero-order valence-electron chi connectivity index (χ0n) is 38.5. The zero-order chi connectivity index (χ0) is 45.8. The summed E-state index contributed by atoms with van der Waals surface area (Å²) in [6, 6.07) is 90.1. The molecule has 0 aliphatic heterocycles. The Bertz CT molecular complexity index is 4160. The minimum absolute atomic E-state index is 0.145. The van der Waals surface area contributed by atoms with Gasteiger partial charge in [-0.15, -0.1) is 0 Å². The second-order valence-corrected chi connectivity index (χ2v) is 19.2. The number of nitrogens with zero attached hydrogens (tertiary/aromatic N) is 2. The molecule has 2 nitrogen and oxygen atoms in total. The molecule has 14 rings (SSSR count). The highest BCUT2D eigenvalue weighted by Crippen LogP contribution is 2.52. The third kappa shape index (κ3) is 5.98. The van der Waals surface area contributed by atoms with Crippen LogP contribution in [-0.4, -0.2) is 4.57 Å². The van der Waals surface area contributed by atoms with E-state index in [9.17, 15) is 0 Å². The molecule has 2 heteroatoms. The predicted molar refractivity (Wildman–Crippen MR) is 294 cm³/mol. The molecule has 1 aliphatic carbocycles. The smallest absolute Gasteiger partial charge is 0.0625 e. The Morgan fingerprint density at radius 3 is 1.59 bits per heavy atom. The largest absolute Gasteiger partial charge is 0.310 e. The van der Waals surface area contributed by atoms with Crippen LogP contribution in [-0.2, 0) is 5.41 Å². The summed E-state index contributed by atoms with van der Waals surface area (Å²) in [7, 11) is 0. The van der Waals surface area contributed by atoms with E-state index in [4.69, 9.17) is 0 Å². The van der Waals surface area contributed by atoms with Crippen LogP contribution in [0.2, 0.25) is 0 Å². The molecule has 1 heterocycles. The first-order valence-electron chi connectivity index (χ1n) is 24.1. The number of hydrogen-bond donors (Lipinski definition) is 0. The number of rotatable bonds is 6. The first-order chi connectivity index (χ1) is 34.0. The summed E-state index contributed by atoms with van der Waals surface area (Å²) in [5.41, 5.74) is 16.9. The lowest BCUT2D eigenvalue weighted by molar-refractivity contribution is 0.660. The van der Waals surface area contributed by atoms with E-state index >= 15 is 0 Å². The van der Waals surface area contributed by atoms with Crippen molar-refractivity contribution in [3.8, 4) is 39.1 Å². The molecule has 0 spiro atoms. The lowest BCUT2D eigenvalue weighted by atomic mass is 9.82. The highest BCUT2D eigenvalue weighted by Gasteiger charge is 2.36. The lowest BCUT2D eigenvalue weighted by Crippen LogP contribution is -2.16. The summed E-state index contributed by atoms with van der Waals surface area (Å²) in [5, 5.41) is 12.6. The van der Waals surface area contributed by atoms with Crippen LogP contribution in [0.15, 0.2) is 243 Å². The van der Waals surface area contributed by atoms with Crippen molar-refractivity contribution >= 4 is 82.0 Å². The molecular formula is C67H46N2. The van der Waals surface area contributed by atoms with Gasteiger partial charge in [-0.3, -0.25) is 0 Å². The molecule has 0 saturated carbocycles. The van der Waals surface area contributed by atoms with Gasteiger partial charge in [-0.2, -0.15) is 0 Å². The van der Waals surface area contributed by atoms with Crippen LogP contribution in [0.5, 0.6) is 0 Å². The van der Waals surface area contributed by atoms with E-state index in [-0.39, 0.29) is 5.41 Å². The molecular weight excluding hydrogens is 833 g/mol. The van der Waals surface area contributed by atoms with E-state index in [1.165, 1.54) is 104 Å². The molecule has 13 aromatic rings. The van der Waals surface area contributed by atoms with E-state index in [0.717, 1.165) is 28.3 Å². The van der Waals surface area contributed by atoms with Gasteiger partial charge in [-0.1, -0.05) is 196 Å². The number of fused-ring (bicyclic) bond motifs is 14. The summed E-state index contributed by atoms with van der Waals surface area (Å²) in [4.78, 5) is 2.46. The van der Waals surface area contributed by atoms with Gasteiger partial charge in [0.25, 0.3) is 0 Å². The average molecular weight is 879 g/mol. The number of hydrogen-bond acceptors (Lipinski definition) is 1. The number of aromatic nitrogens is 1. The van der Waals surface area contributed by atoms with Gasteiger partial charge >= 0.3 is 0 Å². The summed E-state index contributed by atoms with van der Waals surface area (Å²) in [5.74, 6) is 0. The van der Waals surface area contributed by atoms with Gasteiger partial charge in [0.1, 0.15) is 0 Å².